The molecule has 4 amide bonds. The number of nitrogens with zero attached hydrogens (tertiary/aromatic N) is 4. The summed E-state index contributed by atoms with van der Waals surface area (Å²) < 4.78 is 13.7. The molecule has 12 nitrogen and oxygen atoms in total. The molecule has 2 atom stereocenters. The number of benzene rings is 3. The summed E-state index contributed by atoms with van der Waals surface area (Å²) in [5.41, 5.74) is 1.56. The van der Waals surface area contributed by atoms with Crippen LogP contribution >= 0.6 is 47.0 Å². The minimum atomic E-state index is -0.487. The van der Waals surface area contributed by atoms with Crippen molar-refractivity contribution in [2.45, 2.75) is 153 Å². The van der Waals surface area contributed by atoms with E-state index in [1.807, 2.05) is 88.4 Å². The molecule has 7 rings (SSSR count). The first-order valence-electron chi connectivity index (χ1n) is 24.4. The standard InChI is InChI=1S/C54H66N4O8S4/c1-11-13-25-55-47(61)39(48(62)56(55)26-14-12-2)51-67-43-41(65-37(59)27-33(3)29-53(5,6)7)45-46(42(44(43)68-51)66-38(60)28-34(4)30-54(8,9)10)70-52(69-45)40-49(63)57(31-35-21-17-15-18-22-35)58(50(40)64)32-36-23-19-16-20-24-36/h15-24,33-34H,11-14,25-32H2,1-10H3. The van der Waals surface area contributed by atoms with Crippen molar-refractivity contribution in [3.63, 3.8) is 0 Å². The van der Waals surface area contributed by atoms with E-state index in [4.69, 9.17) is 9.47 Å². The van der Waals surface area contributed by atoms with Gasteiger partial charge in [0.25, 0.3) is 23.6 Å². The van der Waals surface area contributed by atoms with Gasteiger partial charge >= 0.3 is 11.9 Å². The van der Waals surface area contributed by atoms with Crippen LogP contribution in [-0.4, -0.2) is 68.7 Å². The molecule has 0 N–H and O–H groups in total. The van der Waals surface area contributed by atoms with Crippen LogP contribution in [0.1, 0.15) is 132 Å². The zero-order chi connectivity index (χ0) is 50.7. The molecule has 0 spiro atoms. The second kappa shape index (κ2) is 22.4. The van der Waals surface area contributed by atoms with Gasteiger partial charge in [0.15, 0.2) is 11.5 Å². The Labute approximate surface area is 430 Å². The quantitative estimate of drug-likeness (QED) is 0.0520. The monoisotopic (exact) mass is 1030 g/mol. The van der Waals surface area contributed by atoms with Crippen molar-refractivity contribution in [1.29, 1.82) is 0 Å². The summed E-state index contributed by atoms with van der Waals surface area (Å²) in [6, 6.07) is 19.0. The number of carbonyl (C=O) groups excluding carboxylic acids is 6. The summed E-state index contributed by atoms with van der Waals surface area (Å²) in [4.78, 5) is 88.5. The van der Waals surface area contributed by atoms with Gasteiger partial charge in [0.05, 0.1) is 41.1 Å². The van der Waals surface area contributed by atoms with Crippen LogP contribution in [0.5, 0.6) is 11.5 Å². The fraction of sp³-hybridized carbons (Fsp3) is 0.481. The van der Waals surface area contributed by atoms with Gasteiger partial charge in [-0.1, -0.05) is 190 Å². The number of hydrazine groups is 2. The van der Waals surface area contributed by atoms with Crippen LogP contribution in [0.2, 0.25) is 0 Å². The highest BCUT2D eigenvalue weighted by molar-refractivity contribution is 8.26. The van der Waals surface area contributed by atoms with Gasteiger partial charge in [0.2, 0.25) is 0 Å². The first kappa shape index (κ1) is 53.2. The van der Waals surface area contributed by atoms with Crippen LogP contribution in [0, 0.1) is 22.7 Å². The molecule has 4 heterocycles. The number of thioether (sulfide) groups is 4. The van der Waals surface area contributed by atoms with Crippen molar-refractivity contribution in [3.05, 3.63) is 91.4 Å². The summed E-state index contributed by atoms with van der Waals surface area (Å²) in [6.07, 6.45) is 4.83. The van der Waals surface area contributed by atoms with Crippen LogP contribution in [0.15, 0.2) is 99.9 Å². The normalized spacial score (nSPS) is 17.1. The molecule has 0 radical (unpaired) electrons. The van der Waals surface area contributed by atoms with E-state index >= 15 is 0 Å². The zero-order valence-corrected chi connectivity index (χ0v) is 45.4. The van der Waals surface area contributed by atoms with Gasteiger partial charge in [0, 0.05) is 25.9 Å². The Bertz CT molecular complexity index is 2420. The number of hydrogen-bond acceptors (Lipinski definition) is 12. The lowest BCUT2D eigenvalue weighted by atomic mass is 9.84. The zero-order valence-electron chi connectivity index (χ0n) is 42.1. The van der Waals surface area contributed by atoms with E-state index in [2.05, 4.69) is 41.5 Å². The van der Waals surface area contributed by atoms with E-state index < -0.39 is 35.6 Å². The van der Waals surface area contributed by atoms with Gasteiger partial charge < -0.3 is 9.47 Å². The molecule has 3 aromatic rings. The average molecular weight is 1030 g/mol. The largest absolute Gasteiger partial charge is 0.424 e. The summed E-state index contributed by atoms with van der Waals surface area (Å²) in [6.45, 7) is 21.9. The minimum Gasteiger partial charge on any atom is -0.424 e. The first-order chi connectivity index (χ1) is 33.2. The van der Waals surface area contributed by atoms with E-state index in [0.29, 0.717) is 54.0 Å². The molecule has 2 saturated heterocycles. The fourth-order valence-electron chi connectivity index (χ4n) is 9.28. The highest BCUT2D eigenvalue weighted by atomic mass is 32.2. The molecule has 2 fully saturated rings. The third-order valence-electron chi connectivity index (χ3n) is 12.0. The van der Waals surface area contributed by atoms with E-state index in [-0.39, 0.29) is 71.2 Å². The number of hydrogen-bond donors (Lipinski definition) is 0. The Balaban J connectivity index is 1.37. The average Bonchev–Trinajstić information content (AvgIpc) is 4.02. The molecule has 0 aromatic heterocycles. The molecule has 70 heavy (non-hydrogen) atoms. The van der Waals surface area contributed by atoms with Gasteiger partial charge in [0.1, 0.15) is 11.1 Å². The van der Waals surface area contributed by atoms with E-state index in [1.165, 1.54) is 10.0 Å². The maximum Gasteiger partial charge on any atom is 0.311 e. The molecule has 4 aliphatic rings. The number of unbranched alkanes of at least 4 members (excludes halogenated alkanes) is 2. The number of esters is 2. The number of ether oxygens (including phenoxy) is 2. The number of carbonyl (C=O) groups is 6. The van der Waals surface area contributed by atoms with Gasteiger partial charge in [-0.25, -0.2) is 20.0 Å². The maximum absolute atomic E-state index is 14.8. The number of fused-ring (bicyclic) bond motifs is 2. The van der Waals surface area contributed by atoms with Crippen molar-refractivity contribution in [1.82, 2.24) is 20.0 Å². The van der Waals surface area contributed by atoms with Crippen LogP contribution < -0.4 is 9.47 Å². The Hall–Kier alpha value is -4.64. The van der Waals surface area contributed by atoms with Crippen LogP contribution in [0.3, 0.4) is 0 Å². The second-order valence-electron chi connectivity index (χ2n) is 21.1. The molecule has 4 aliphatic heterocycles. The lowest BCUT2D eigenvalue weighted by molar-refractivity contribution is -0.149. The molecule has 0 saturated carbocycles. The van der Waals surface area contributed by atoms with Gasteiger partial charge in [-0.05, 0) is 59.5 Å². The van der Waals surface area contributed by atoms with Crippen molar-refractivity contribution >= 4 is 82.6 Å². The third-order valence-corrected chi connectivity index (χ3v) is 17.2. The minimum absolute atomic E-state index is 0.0213. The molecule has 0 aliphatic carbocycles. The Kier molecular flexibility index (Phi) is 17.0. The Morgan fingerprint density at radius 3 is 1.13 bits per heavy atom. The van der Waals surface area contributed by atoms with Crippen LogP contribution in [0.4, 0.5) is 0 Å². The van der Waals surface area contributed by atoms with Gasteiger partial charge in [-0.3, -0.25) is 28.8 Å². The molecule has 3 aromatic carbocycles. The lowest BCUT2D eigenvalue weighted by Gasteiger charge is -2.27. The number of rotatable bonds is 18. The molecular weight excluding hydrogens is 961 g/mol. The van der Waals surface area contributed by atoms with E-state index in [0.717, 1.165) is 83.9 Å². The topological polar surface area (TPSA) is 134 Å². The van der Waals surface area contributed by atoms with Crippen molar-refractivity contribution < 1.29 is 38.2 Å². The van der Waals surface area contributed by atoms with Crippen LogP contribution in [-0.2, 0) is 41.9 Å². The van der Waals surface area contributed by atoms with E-state index in [1.54, 1.807) is 10.0 Å². The molecule has 0 bridgehead atoms. The highest BCUT2D eigenvalue weighted by Gasteiger charge is 2.49. The molecular formula is C54H66N4O8S4. The van der Waals surface area contributed by atoms with Crippen LogP contribution in [0.25, 0.3) is 0 Å². The summed E-state index contributed by atoms with van der Waals surface area (Å²) in [5, 5.41) is 6.04. The smallest absolute Gasteiger partial charge is 0.311 e. The van der Waals surface area contributed by atoms with Crippen molar-refractivity contribution in [2.75, 3.05) is 13.1 Å². The van der Waals surface area contributed by atoms with Crippen molar-refractivity contribution in [3.8, 4) is 11.5 Å². The van der Waals surface area contributed by atoms with E-state index in [9.17, 15) is 28.8 Å². The summed E-state index contributed by atoms with van der Waals surface area (Å²) in [7, 11) is 0. The SMILES string of the molecule is CCCCN1C(=O)C(=C2Sc3c(OC(=O)CC(C)CC(C)(C)C)c4c(c(OC(=O)CC(C)CC(C)(C)C)c3S2)SC(=C2C(=O)N(Cc3ccccc3)N(Cc3ccccc3)C2=O)S4)C(=O)N1CCCC. The van der Waals surface area contributed by atoms with Gasteiger partial charge in [-0.2, -0.15) is 0 Å². The summed E-state index contributed by atoms with van der Waals surface area (Å²) in [5.74, 6) is -2.46. The van der Waals surface area contributed by atoms with Crippen molar-refractivity contribution in [2.24, 2.45) is 22.7 Å². The third kappa shape index (κ3) is 12.3. The maximum atomic E-state index is 14.8. The molecule has 2 unspecified atom stereocenters. The molecule has 374 valence electrons. The molecule has 16 heteroatoms. The van der Waals surface area contributed by atoms with Gasteiger partial charge in [-0.15, -0.1) is 0 Å². The predicted octanol–water partition coefficient (Wildman–Crippen LogP) is 12.4. The first-order valence-corrected chi connectivity index (χ1v) is 27.6. The number of amides is 4. The second-order valence-corrected chi connectivity index (χ2v) is 25.7. The summed E-state index contributed by atoms with van der Waals surface area (Å²) >= 11 is 4.55. The Morgan fingerprint density at radius 1 is 0.514 bits per heavy atom. The fourth-order valence-corrected chi connectivity index (χ4v) is 14.8. The Morgan fingerprint density at radius 2 is 0.829 bits per heavy atom. The highest BCUT2D eigenvalue weighted by Crippen LogP contribution is 2.69. The lowest BCUT2D eigenvalue weighted by Crippen LogP contribution is -2.42. The predicted molar refractivity (Wildman–Crippen MR) is 278 cm³/mol.